The molecule has 26 heavy (non-hydrogen) atoms. The molecule has 5 heteroatoms. The van der Waals surface area contributed by atoms with Gasteiger partial charge in [0.25, 0.3) is 0 Å². The fourth-order valence-electron chi connectivity index (χ4n) is 4.28. The molecule has 2 aliphatic rings. The molecule has 2 fully saturated rings. The Morgan fingerprint density at radius 1 is 1.08 bits per heavy atom. The normalized spacial score (nSPS) is 24.3. The molecule has 2 unspecified atom stereocenters. The third kappa shape index (κ3) is 3.82. The van der Waals surface area contributed by atoms with Gasteiger partial charge in [0, 0.05) is 36.7 Å². The second-order valence-corrected chi connectivity index (χ2v) is 7.29. The van der Waals surface area contributed by atoms with Crippen LogP contribution in [0.3, 0.4) is 0 Å². The van der Waals surface area contributed by atoms with Gasteiger partial charge in [-0.25, -0.2) is 4.79 Å². The fourth-order valence-corrected chi connectivity index (χ4v) is 4.28. The second kappa shape index (κ2) is 7.77. The highest BCUT2D eigenvalue weighted by atomic mass is 16.6. The molecule has 136 valence electrons. The second-order valence-electron chi connectivity index (χ2n) is 7.29. The number of amides is 1. The lowest BCUT2D eigenvalue weighted by Gasteiger charge is -2.38. The summed E-state index contributed by atoms with van der Waals surface area (Å²) in [6.07, 6.45) is 7.74. The Hall–Kier alpha value is -2.56. The SMILES string of the molecule is O=C(OCc1ccccc1)N1C2CCC1CC(CNc1ccncc1)C2. The summed E-state index contributed by atoms with van der Waals surface area (Å²) in [6, 6.07) is 14.5. The Bertz CT molecular complexity index is 709. The Kier molecular flexibility index (Phi) is 5.04. The first kappa shape index (κ1) is 16.9. The van der Waals surface area contributed by atoms with Crippen LogP contribution in [0.2, 0.25) is 0 Å². The van der Waals surface area contributed by atoms with Crippen LogP contribution in [0, 0.1) is 5.92 Å². The number of hydrogen-bond donors (Lipinski definition) is 1. The van der Waals surface area contributed by atoms with Crippen LogP contribution in [0.4, 0.5) is 10.5 Å². The van der Waals surface area contributed by atoms with Crippen LogP contribution in [0.5, 0.6) is 0 Å². The van der Waals surface area contributed by atoms with E-state index in [1.165, 1.54) is 0 Å². The van der Waals surface area contributed by atoms with E-state index in [-0.39, 0.29) is 6.09 Å². The van der Waals surface area contributed by atoms with Crippen LogP contribution < -0.4 is 5.32 Å². The summed E-state index contributed by atoms with van der Waals surface area (Å²) in [5.74, 6) is 0.596. The molecule has 1 aromatic heterocycles. The van der Waals surface area contributed by atoms with Gasteiger partial charge in [0.05, 0.1) is 0 Å². The van der Waals surface area contributed by atoms with Crippen LogP contribution in [0.15, 0.2) is 54.9 Å². The molecule has 2 aliphatic heterocycles. The summed E-state index contributed by atoms with van der Waals surface area (Å²) in [7, 11) is 0. The fraction of sp³-hybridized carbons (Fsp3) is 0.429. The number of fused-ring (bicyclic) bond motifs is 2. The standard InChI is InChI=1S/C21H25N3O2/c25-21(26-15-16-4-2-1-3-5-16)24-19-6-7-20(24)13-17(12-19)14-23-18-8-10-22-11-9-18/h1-5,8-11,17,19-20H,6-7,12-15H2,(H,22,23). The maximum atomic E-state index is 12.6. The molecule has 2 saturated heterocycles. The van der Waals surface area contributed by atoms with Crippen LogP contribution in [0.25, 0.3) is 0 Å². The summed E-state index contributed by atoms with van der Waals surface area (Å²) >= 11 is 0. The number of carbonyl (C=O) groups excluding carboxylic acids is 1. The Morgan fingerprint density at radius 2 is 1.77 bits per heavy atom. The minimum absolute atomic E-state index is 0.151. The molecular weight excluding hydrogens is 326 g/mol. The van der Waals surface area contributed by atoms with Crippen molar-refractivity contribution in [3.8, 4) is 0 Å². The largest absolute Gasteiger partial charge is 0.445 e. The van der Waals surface area contributed by atoms with Crippen molar-refractivity contribution in [3.05, 3.63) is 60.4 Å². The van der Waals surface area contributed by atoms with Crippen LogP contribution >= 0.6 is 0 Å². The van der Waals surface area contributed by atoms with Gasteiger partial charge in [0.1, 0.15) is 6.61 Å². The molecule has 0 saturated carbocycles. The maximum Gasteiger partial charge on any atom is 0.410 e. The molecule has 1 N–H and O–H groups in total. The van der Waals surface area contributed by atoms with Gasteiger partial charge in [-0.05, 0) is 49.3 Å². The van der Waals surface area contributed by atoms with Crippen molar-refractivity contribution >= 4 is 11.8 Å². The number of ether oxygens (including phenoxy) is 1. The predicted octanol–water partition coefficient (Wildman–Crippen LogP) is 4.07. The number of hydrogen-bond acceptors (Lipinski definition) is 4. The minimum atomic E-state index is -0.151. The number of aromatic nitrogens is 1. The van der Waals surface area contributed by atoms with Gasteiger partial charge < -0.3 is 15.0 Å². The molecule has 2 aromatic rings. The smallest absolute Gasteiger partial charge is 0.410 e. The summed E-state index contributed by atoms with van der Waals surface area (Å²) in [5.41, 5.74) is 2.14. The van der Waals surface area contributed by atoms with Crippen LogP contribution in [0.1, 0.15) is 31.2 Å². The number of benzene rings is 1. The molecule has 2 atom stereocenters. The first-order valence-corrected chi connectivity index (χ1v) is 9.42. The lowest BCUT2D eigenvalue weighted by Crippen LogP contribution is -2.47. The summed E-state index contributed by atoms with van der Waals surface area (Å²) in [6.45, 7) is 1.30. The third-order valence-electron chi connectivity index (χ3n) is 5.52. The monoisotopic (exact) mass is 351 g/mol. The number of nitrogens with one attached hydrogen (secondary N) is 1. The van der Waals surface area contributed by atoms with E-state index in [1.54, 1.807) is 12.4 Å². The summed E-state index contributed by atoms with van der Waals surface area (Å²) < 4.78 is 5.58. The summed E-state index contributed by atoms with van der Waals surface area (Å²) in [5, 5.41) is 3.50. The average molecular weight is 351 g/mol. The van der Waals surface area contributed by atoms with E-state index >= 15 is 0 Å². The molecule has 2 bridgehead atoms. The van der Waals surface area contributed by atoms with Gasteiger partial charge in [0.15, 0.2) is 0 Å². The molecular formula is C21H25N3O2. The first-order valence-electron chi connectivity index (χ1n) is 9.42. The molecule has 1 aromatic carbocycles. The lowest BCUT2D eigenvalue weighted by molar-refractivity contribution is 0.0546. The highest BCUT2D eigenvalue weighted by Crippen LogP contribution is 2.39. The number of nitrogens with zero attached hydrogens (tertiary/aromatic N) is 2. The van der Waals surface area contributed by atoms with Gasteiger partial charge in [-0.3, -0.25) is 4.98 Å². The lowest BCUT2D eigenvalue weighted by atomic mass is 9.91. The van der Waals surface area contributed by atoms with Crippen LogP contribution in [-0.4, -0.2) is 34.6 Å². The Labute approximate surface area is 154 Å². The molecule has 0 spiro atoms. The van der Waals surface area contributed by atoms with Crippen molar-refractivity contribution < 1.29 is 9.53 Å². The van der Waals surface area contributed by atoms with Crippen molar-refractivity contribution in [3.63, 3.8) is 0 Å². The number of anilines is 1. The number of rotatable bonds is 5. The molecule has 4 rings (SSSR count). The van der Waals surface area contributed by atoms with E-state index in [0.717, 1.165) is 43.5 Å². The van der Waals surface area contributed by atoms with E-state index in [1.807, 2.05) is 47.4 Å². The highest BCUT2D eigenvalue weighted by Gasteiger charge is 2.43. The van der Waals surface area contributed by atoms with Gasteiger partial charge in [-0.15, -0.1) is 0 Å². The maximum absolute atomic E-state index is 12.6. The van der Waals surface area contributed by atoms with Gasteiger partial charge >= 0.3 is 6.09 Å². The van der Waals surface area contributed by atoms with E-state index in [9.17, 15) is 4.79 Å². The predicted molar refractivity (Wildman–Crippen MR) is 101 cm³/mol. The van der Waals surface area contributed by atoms with Gasteiger partial charge in [-0.2, -0.15) is 0 Å². The van der Waals surface area contributed by atoms with Gasteiger partial charge in [-0.1, -0.05) is 30.3 Å². The number of carbonyl (C=O) groups is 1. The van der Waals surface area contributed by atoms with Crippen LogP contribution in [-0.2, 0) is 11.3 Å². The van der Waals surface area contributed by atoms with Crippen molar-refractivity contribution in [2.24, 2.45) is 5.92 Å². The molecule has 5 nitrogen and oxygen atoms in total. The molecule has 0 radical (unpaired) electrons. The molecule has 1 amide bonds. The zero-order valence-electron chi connectivity index (χ0n) is 14.9. The van der Waals surface area contributed by atoms with Crippen molar-refractivity contribution in [2.45, 2.75) is 44.4 Å². The first-order chi connectivity index (χ1) is 12.8. The number of pyridine rings is 1. The van der Waals surface area contributed by atoms with Crippen molar-refractivity contribution in [2.75, 3.05) is 11.9 Å². The number of piperidine rings is 1. The zero-order valence-corrected chi connectivity index (χ0v) is 14.9. The van der Waals surface area contributed by atoms with E-state index in [0.29, 0.717) is 24.6 Å². The average Bonchev–Trinajstić information content (AvgIpc) is 2.96. The quantitative estimate of drug-likeness (QED) is 0.882. The highest BCUT2D eigenvalue weighted by molar-refractivity contribution is 5.69. The molecule has 3 heterocycles. The van der Waals surface area contributed by atoms with Crippen molar-refractivity contribution in [1.82, 2.24) is 9.88 Å². The zero-order chi connectivity index (χ0) is 17.8. The summed E-state index contributed by atoms with van der Waals surface area (Å²) in [4.78, 5) is 18.7. The topological polar surface area (TPSA) is 54.5 Å². The third-order valence-corrected chi connectivity index (χ3v) is 5.52. The minimum Gasteiger partial charge on any atom is -0.445 e. The van der Waals surface area contributed by atoms with E-state index in [2.05, 4.69) is 10.3 Å². The van der Waals surface area contributed by atoms with Crippen molar-refractivity contribution in [1.29, 1.82) is 0 Å². The van der Waals surface area contributed by atoms with E-state index in [4.69, 9.17) is 4.74 Å². The van der Waals surface area contributed by atoms with Gasteiger partial charge in [0.2, 0.25) is 0 Å². The Morgan fingerprint density at radius 3 is 2.46 bits per heavy atom. The van der Waals surface area contributed by atoms with E-state index < -0.39 is 0 Å². The Balaban J connectivity index is 1.30. The molecule has 0 aliphatic carbocycles.